The fourth-order valence-electron chi connectivity index (χ4n) is 2.45. The Labute approximate surface area is 118 Å². The number of carbonyl (C=O) groups excluding carboxylic acids is 1. The van der Waals surface area contributed by atoms with E-state index in [9.17, 15) is 14.9 Å². The van der Waals surface area contributed by atoms with Crippen molar-refractivity contribution < 1.29 is 19.5 Å². The zero-order valence-electron chi connectivity index (χ0n) is 12.0. The molecule has 116 valence electrons. The van der Waals surface area contributed by atoms with E-state index in [1.54, 1.807) is 14.0 Å². The summed E-state index contributed by atoms with van der Waals surface area (Å²) in [5, 5.41) is 15.5. The van der Waals surface area contributed by atoms with Gasteiger partial charge in [-0.25, -0.2) is 0 Å². The first kappa shape index (κ1) is 16.6. The molecule has 1 aliphatic rings. The zero-order valence-corrected chi connectivity index (χ0v) is 12.0. The topological polar surface area (TPSA) is 103 Å². The van der Waals surface area contributed by atoms with Crippen LogP contribution < -0.4 is 10.6 Å². The number of nitrogens with one attached hydrogen (secondary N) is 2. The SMILES string of the molecule is CCOC(=O)C(CCCCO[N+](=O)[O-])(NC)C1CNC1. The molecule has 1 atom stereocenters. The van der Waals surface area contributed by atoms with E-state index in [0.717, 1.165) is 13.1 Å². The van der Waals surface area contributed by atoms with E-state index in [2.05, 4.69) is 15.5 Å². The molecule has 20 heavy (non-hydrogen) atoms. The highest BCUT2D eigenvalue weighted by atomic mass is 16.9. The van der Waals surface area contributed by atoms with Crippen LogP contribution in [0.5, 0.6) is 0 Å². The van der Waals surface area contributed by atoms with E-state index >= 15 is 0 Å². The van der Waals surface area contributed by atoms with Crippen LogP contribution in [0.3, 0.4) is 0 Å². The highest BCUT2D eigenvalue weighted by Crippen LogP contribution is 2.28. The van der Waals surface area contributed by atoms with Gasteiger partial charge in [-0.3, -0.25) is 4.79 Å². The summed E-state index contributed by atoms with van der Waals surface area (Å²) in [6, 6.07) is 0. The Morgan fingerprint density at radius 3 is 2.65 bits per heavy atom. The van der Waals surface area contributed by atoms with Crippen LogP contribution in [-0.2, 0) is 14.4 Å². The van der Waals surface area contributed by atoms with Crippen molar-refractivity contribution in [3.63, 3.8) is 0 Å². The lowest BCUT2D eigenvalue weighted by atomic mass is 9.76. The number of hydrogen-bond donors (Lipinski definition) is 2. The molecule has 0 aromatic carbocycles. The zero-order chi connectivity index (χ0) is 15.0. The van der Waals surface area contributed by atoms with Gasteiger partial charge in [-0.15, -0.1) is 10.1 Å². The van der Waals surface area contributed by atoms with Gasteiger partial charge in [0.2, 0.25) is 0 Å². The molecule has 2 N–H and O–H groups in total. The second kappa shape index (κ2) is 8.01. The van der Waals surface area contributed by atoms with Gasteiger partial charge >= 0.3 is 5.97 Å². The van der Waals surface area contributed by atoms with Gasteiger partial charge in [-0.1, -0.05) is 0 Å². The molecule has 8 heteroatoms. The molecule has 1 aliphatic heterocycles. The number of esters is 1. The highest BCUT2D eigenvalue weighted by Gasteiger charge is 2.47. The van der Waals surface area contributed by atoms with Gasteiger partial charge in [0, 0.05) is 19.0 Å². The molecule has 1 fully saturated rings. The summed E-state index contributed by atoms with van der Waals surface area (Å²) < 4.78 is 5.18. The Morgan fingerprint density at radius 2 is 2.20 bits per heavy atom. The number of nitrogens with zero attached hydrogens (tertiary/aromatic N) is 1. The summed E-state index contributed by atoms with van der Waals surface area (Å²) in [5.41, 5.74) is -0.712. The molecule has 1 heterocycles. The van der Waals surface area contributed by atoms with E-state index in [-0.39, 0.29) is 18.5 Å². The molecular formula is C12H23N3O5. The smallest absolute Gasteiger partial charge is 0.326 e. The first-order valence-corrected chi connectivity index (χ1v) is 6.91. The van der Waals surface area contributed by atoms with Gasteiger partial charge in [0.25, 0.3) is 5.09 Å². The van der Waals surface area contributed by atoms with Crippen LogP contribution in [-0.4, -0.2) is 49.9 Å². The molecule has 0 aromatic rings. The maximum Gasteiger partial charge on any atom is 0.326 e. The third-order valence-corrected chi connectivity index (χ3v) is 3.73. The van der Waals surface area contributed by atoms with Crippen molar-refractivity contribution in [2.45, 2.75) is 31.7 Å². The van der Waals surface area contributed by atoms with E-state index in [4.69, 9.17) is 4.74 Å². The largest absolute Gasteiger partial charge is 0.465 e. The van der Waals surface area contributed by atoms with E-state index in [1.165, 1.54) is 0 Å². The van der Waals surface area contributed by atoms with Crippen LogP contribution in [0.25, 0.3) is 0 Å². The summed E-state index contributed by atoms with van der Waals surface area (Å²) in [6.07, 6.45) is 1.77. The minimum atomic E-state index is -0.799. The van der Waals surface area contributed by atoms with Crippen LogP contribution in [0.1, 0.15) is 26.2 Å². The molecule has 0 bridgehead atoms. The summed E-state index contributed by atoms with van der Waals surface area (Å²) >= 11 is 0. The van der Waals surface area contributed by atoms with Crippen LogP contribution in [0.2, 0.25) is 0 Å². The molecule has 0 spiro atoms. The maximum absolute atomic E-state index is 12.3. The number of carbonyl (C=O) groups is 1. The van der Waals surface area contributed by atoms with Gasteiger partial charge in [0.05, 0.1) is 13.2 Å². The van der Waals surface area contributed by atoms with Crippen molar-refractivity contribution in [2.24, 2.45) is 5.92 Å². The molecule has 1 saturated heterocycles. The Kier molecular flexibility index (Phi) is 6.66. The lowest BCUT2D eigenvalue weighted by Crippen LogP contribution is -2.66. The normalized spacial score (nSPS) is 17.9. The standard InChI is InChI=1S/C12H23N3O5/c1-3-19-11(16)12(13-2,10-8-14-9-10)6-4-5-7-20-15(17)18/h10,13-14H,3-9H2,1-2H3. The van der Waals surface area contributed by atoms with E-state index in [0.29, 0.717) is 25.9 Å². The van der Waals surface area contributed by atoms with Crippen molar-refractivity contribution in [2.75, 3.05) is 33.4 Å². The second-order valence-corrected chi connectivity index (χ2v) is 4.81. The Balaban J connectivity index is 2.53. The molecule has 1 unspecified atom stereocenters. The number of hydrogen-bond acceptors (Lipinski definition) is 7. The summed E-state index contributed by atoms with van der Waals surface area (Å²) in [4.78, 5) is 26.6. The fourth-order valence-corrected chi connectivity index (χ4v) is 2.45. The predicted octanol–water partition coefficient (Wildman–Crippen LogP) is 0.106. The Bertz CT molecular complexity index is 335. The number of unbranched alkanes of at least 4 members (excludes halogenated alkanes) is 1. The predicted molar refractivity (Wildman–Crippen MR) is 71.6 cm³/mol. The van der Waals surface area contributed by atoms with Gasteiger partial charge in [0.1, 0.15) is 5.54 Å². The summed E-state index contributed by atoms with van der Waals surface area (Å²) in [6.45, 7) is 3.71. The van der Waals surface area contributed by atoms with Gasteiger partial charge in [0.15, 0.2) is 0 Å². The lowest BCUT2D eigenvalue weighted by molar-refractivity contribution is -0.757. The fraction of sp³-hybridized carbons (Fsp3) is 0.917. The number of rotatable bonds is 10. The Hall–Kier alpha value is -1.41. The van der Waals surface area contributed by atoms with Crippen molar-refractivity contribution in [3.05, 3.63) is 10.1 Å². The second-order valence-electron chi connectivity index (χ2n) is 4.81. The quantitative estimate of drug-likeness (QED) is 0.254. The molecule has 0 saturated carbocycles. The van der Waals surface area contributed by atoms with Gasteiger partial charge in [-0.2, -0.15) is 0 Å². The first-order valence-electron chi connectivity index (χ1n) is 6.91. The van der Waals surface area contributed by atoms with Crippen molar-refractivity contribution >= 4 is 5.97 Å². The molecule has 0 amide bonds. The minimum Gasteiger partial charge on any atom is -0.465 e. The number of likely N-dealkylation sites (N-methyl/N-ethyl adjacent to an activating group) is 1. The van der Waals surface area contributed by atoms with Crippen molar-refractivity contribution in [1.82, 2.24) is 10.6 Å². The third kappa shape index (κ3) is 4.04. The molecule has 0 aliphatic carbocycles. The minimum absolute atomic E-state index is 0.0541. The first-order chi connectivity index (χ1) is 9.56. The monoisotopic (exact) mass is 289 g/mol. The number of ether oxygens (including phenoxy) is 1. The van der Waals surface area contributed by atoms with E-state index in [1.807, 2.05) is 0 Å². The van der Waals surface area contributed by atoms with Crippen molar-refractivity contribution in [1.29, 1.82) is 0 Å². The molecule has 0 radical (unpaired) electrons. The van der Waals surface area contributed by atoms with Crippen LogP contribution in [0.4, 0.5) is 0 Å². The van der Waals surface area contributed by atoms with Crippen molar-refractivity contribution in [3.8, 4) is 0 Å². The van der Waals surface area contributed by atoms with Gasteiger partial charge in [-0.05, 0) is 33.2 Å². The average molecular weight is 289 g/mol. The molecular weight excluding hydrogens is 266 g/mol. The van der Waals surface area contributed by atoms with Crippen LogP contribution >= 0.6 is 0 Å². The summed E-state index contributed by atoms with van der Waals surface area (Å²) in [5.74, 6) is -0.0628. The Morgan fingerprint density at radius 1 is 1.50 bits per heavy atom. The molecule has 8 nitrogen and oxygen atoms in total. The van der Waals surface area contributed by atoms with Crippen LogP contribution in [0, 0.1) is 16.0 Å². The van der Waals surface area contributed by atoms with Crippen LogP contribution in [0.15, 0.2) is 0 Å². The van der Waals surface area contributed by atoms with Gasteiger partial charge < -0.3 is 20.2 Å². The van der Waals surface area contributed by atoms with E-state index < -0.39 is 10.6 Å². The average Bonchev–Trinajstić information content (AvgIpc) is 2.34. The summed E-state index contributed by atoms with van der Waals surface area (Å²) in [7, 11) is 1.75. The maximum atomic E-state index is 12.3. The molecule has 1 rings (SSSR count). The molecule has 0 aromatic heterocycles. The third-order valence-electron chi connectivity index (χ3n) is 3.73. The lowest BCUT2D eigenvalue weighted by Gasteiger charge is -2.43. The highest BCUT2D eigenvalue weighted by molar-refractivity contribution is 5.81.